The number of nitrogens with one attached hydrogen (secondary N) is 1. The third kappa shape index (κ3) is 3.36. The molecule has 2 aromatic heterocycles. The molecule has 0 saturated heterocycles. The van der Waals surface area contributed by atoms with E-state index in [0.29, 0.717) is 5.65 Å². The summed E-state index contributed by atoms with van der Waals surface area (Å²) in [5, 5.41) is 12.5. The van der Waals surface area contributed by atoms with Gasteiger partial charge in [-0.3, -0.25) is 14.7 Å². The fourth-order valence-corrected chi connectivity index (χ4v) is 2.57. The molecule has 0 spiro atoms. The summed E-state index contributed by atoms with van der Waals surface area (Å²) in [7, 11) is 1.66. The molecule has 0 unspecified atom stereocenters. The molecule has 0 radical (unpaired) electrons. The molecule has 22 heavy (non-hydrogen) atoms. The van der Waals surface area contributed by atoms with Gasteiger partial charge in [-0.2, -0.15) is 0 Å². The molecule has 7 nitrogen and oxygen atoms in total. The summed E-state index contributed by atoms with van der Waals surface area (Å²) in [4.78, 5) is 29.6. The van der Waals surface area contributed by atoms with Crippen LogP contribution in [0.1, 0.15) is 30.8 Å². The molecule has 7 heteroatoms. The van der Waals surface area contributed by atoms with E-state index in [1.165, 1.54) is 11.0 Å². The van der Waals surface area contributed by atoms with E-state index in [0.717, 1.165) is 17.0 Å². The van der Waals surface area contributed by atoms with E-state index in [1.54, 1.807) is 25.4 Å². The third-order valence-corrected chi connectivity index (χ3v) is 3.58. The fourth-order valence-electron chi connectivity index (χ4n) is 2.57. The molecule has 2 aromatic rings. The van der Waals surface area contributed by atoms with Crippen molar-refractivity contribution in [3.05, 3.63) is 33.4 Å². The Labute approximate surface area is 128 Å². The van der Waals surface area contributed by atoms with Gasteiger partial charge >= 0.3 is 0 Å². The van der Waals surface area contributed by atoms with Crippen LogP contribution in [-0.4, -0.2) is 49.7 Å². The van der Waals surface area contributed by atoms with Crippen molar-refractivity contribution >= 4 is 11.6 Å². The zero-order chi connectivity index (χ0) is 16.7. The van der Waals surface area contributed by atoms with Crippen LogP contribution in [0, 0.1) is 13.8 Å². The molecule has 120 valence electrons. The molecule has 0 aliphatic rings. The lowest BCUT2D eigenvalue weighted by atomic mass is 10.1. The van der Waals surface area contributed by atoms with Gasteiger partial charge in [-0.05, 0) is 27.7 Å². The van der Waals surface area contributed by atoms with Crippen molar-refractivity contribution in [3.8, 4) is 0 Å². The van der Waals surface area contributed by atoms with E-state index >= 15 is 0 Å². The van der Waals surface area contributed by atoms with Gasteiger partial charge < -0.3 is 10.0 Å². The Kier molecular flexibility index (Phi) is 4.10. The predicted octanol–water partition coefficient (Wildman–Crippen LogP) is 0.411. The summed E-state index contributed by atoms with van der Waals surface area (Å²) in [6.45, 7) is 7.23. The van der Waals surface area contributed by atoms with Crippen molar-refractivity contribution in [2.75, 3.05) is 13.6 Å². The van der Waals surface area contributed by atoms with Gasteiger partial charge in [0.1, 0.15) is 0 Å². The van der Waals surface area contributed by atoms with E-state index in [9.17, 15) is 14.7 Å². The molecule has 0 atom stereocenters. The quantitative estimate of drug-likeness (QED) is 0.856. The second-order valence-electron chi connectivity index (χ2n) is 6.31. The van der Waals surface area contributed by atoms with Gasteiger partial charge in [0.2, 0.25) is 5.91 Å². The highest BCUT2D eigenvalue weighted by Gasteiger charge is 2.21. The lowest BCUT2D eigenvalue weighted by Crippen LogP contribution is -2.40. The van der Waals surface area contributed by atoms with Crippen molar-refractivity contribution in [2.45, 2.75) is 39.7 Å². The zero-order valence-electron chi connectivity index (χ0n) is 13.6. The number of carbonyl (C=O) groups is 1. The molecular weight excluding hydrogens is 284 g/mol. The smallest absolute Gasteiger partial charge is 0.266 e. The van der Waals surface area contributed by atoms with Crippen LogP contribution < -0.4 is 5.56 Å². The van der Waals surface area contributed by atoms with Gasteiger partial charge in [0, 0.05) is 36.6 Å². The van der Waals surface area contributed by atoms with Crippen LogP contribution in [0.3, 0.4) is 0 Å². The standard InChI is InChI=1S/C15H22N4O3/c1-9-11(6-14(21)18(5)8-15(3,4)22)10(2)19-12(16-9)7-13(20)17-19/h7,22H,6,8H2,1-5H3,(H,17,20). The van der Waals surface area contributed by atoms with Crippen LogP contribution in [0.2, 0.25) is 0 Å². The van der Waals surface area contributed by atoms with Gasteiger partial charge in [-0.1, -0.05) is 0 Å². The molecule has 0 saturated carbocycles. The first-order valence-electron chi connectivity index (χ1n) is 7.12. The lowest BCUT2D eigenvalue weighted by molar-refractivity contribution is -0.131. The van der Waals surface area contributed by atoms with Crippen molar-refractivity contribution in [1.82, 2.24) is 19.5 Å². The Bertz CT molecular complexity index is 767. The lowest BCUT2D eigenvalue weighted by Gasteiger charge is -2.26. The van der Waals surface area contributed by atoms with Crippen LogP contribution in [0.15, 0.2) is 10.9 Å². The molecule has 2 heterocycles. The average molecular weight is 306 g/mol. The van der Waals surface area contributed by atoms with Crippen molar-refractivity contribution in [3.63, 3.8) is 0 Å². The first kappa shape index (κ1) is 16.2. The van der Waals surface area contributed by atoms with E-state index in [1.807, 2.05) is 13.8 Å². The first-order chi connectivity index (χ1) is 10.1. The van der Waals surface area contributed by atoms with Gasteiger partial charge in [0.25, 0.3) is 5.56 Å². The number of rotatable bonds is 4. The second-order valence-corrected chi connectivity index (χ2v) is 6.31. The topological polar surface area (TPSA) is 90.7 Å². The Morgan fingerprint density at radius 2 is 2.09 bits per heavy atom. The van der Waals surface area contributed by atoms with Crippen LogP contribution in [0.5, 0.6) is 0 Å². The number of hydrogen-bond donors (Lipinski definition) is 2. The minimum absolute atomic E-state index is 0.107. The molecular formula is C15H22N4O3. The average Bonchev–Trinajstić information content (AvgIpc) is 2.72. The molecule has 2 N–H and O–H groups in total. The molecule has 0 fully saturated rings. The highest BCUT2D eigenvalue weighted by molar-refractivity contribution is 5.79. The summed E-state index contributed by atoms with van der Waals surface area (Å²) >= 11 is 0. The van der Waals surface area contributed by atoms with Crippen molar-refractivity contribution in [1.29, 1.82) is 0 Å². The van der Waals surface area contributed by atoms with E-state index in [-0.39, 0.29) is 24.4 Å². The Hall–Kier alpha value is -2.15. The van der Waals surface area contributed by atoms with Gasteiger partial charge in [0.15, 0.2) is 5.65 Å². The fraction of sp³-hybridized carbons (Fsp3) is 0.533. The summed E-state index contributed by atoms with van der Waals surface area (Å²) < 4.78 is 1.59. The number of aromatic amines is 1. The van der Waals surface area contributed by atoms with Crippen LogP contribution >= 0.6 is 0 Å². The normalized spacial score (nSPS) is 11.9. The minimum atomic E-state index is -0.942. The number of hydrogen-bond acceptors (Lipinski definition) is 4. The molecule has 0 aromatic carbocycles. The van der Waals surface area contributed by atoms with Gasteiger partial charge in [-0.15, -0.1) is 0 Å². The number of nitrogens with zero attached hydrogens (tertiary/aromatic N) is 3. The molecule has 0 bridgehead atoms. The number of H-pyrrole nitrogens is 1. The number of amides is 1. The number of fused-ring (bicyclic) bond motifs is 1. The molecule has 2 rings (SSSR count). The van der Waals surface area contributed by atoms with Crippen LogP contribution in [0.25, 0.3) is 5.65 Å². The number of aromatic nitrogens is 3. The number of likely N-dealkylation sites (N-methyl/N-ethyl adjacent to an activating group) is 1. The van der Waals surface area contributed by atoms with Crippen LogP contribution in [0.4, 0.5) is 0 Å². The summed E-state index contributed by atoms with van der Waals surface area (Å²) in [5.74, 6) is -0.107. The minimum Gasteiger partial charge on any atom is -0.389 e. The second kappa shape index (κ2) is 5.57. The molecule has 0 aliphatic heterocycles. The number of aliphatic hydroxyl groups is 1. The maximum Gasteiger partial charge on any atom is 0.266 e. The number of carbonyl (C=O) groups excluding carboxylic acids is 1. The van der Waals surface area contributed by atoms with Crippen molar-refractivity contribution in [2.24, 2.45) is 0 Å². The van der Waals surface area contributed by atoms with Gasteiger partial charge in [-0.25, -0.2) is 9.50 Å². The summed E-state index contributed by atoms with van der Waals surface area (Å²) in [6, 6.07) is 1.42. The SMILES string of the molecule is Cc1nc2cc(=O)[nH]n2c(C)c1CC(=O)N(C)CC(C)(C)O. The number of aryl methyl sites for hydroxylation is 2. The maximum absolute atomic E-state index is 12.3. The predicted molar refractivity (Wildman–Crippen MR) is 82.9 cm³/mol. The molecule has 0 aliphatic carbocycles. The largest absolute Gasteiger partial charge is 0.389 e. The summed E-state index contributed by atoms with van der Waals surface area (Å²) in [6.07, 6.45) is 0.174. The Morgan fingerprint density at radius 1 is 1.45 bits per heavy atom. The first-order valence-corrected chi connectivity index (χ1v) is 7.12. The zero-order valence-corrected chi connectivity index (χ0v) is 13.6. The van der Waals surface area contributed by atoms with Crippen molar-refractivity contribution < 1.29 is 9.90 Å². The Morgan fingerprint density at radius 3 is 2.68 bits per heavy atom. The monoisotopic (exact) mass is 306 g/mol. The maximum atomic E-state index is 12.3. The van der Waals surface area contributed by atoms with E-state index in [4.69, 9.17) is 0 Å². The van der Waals surface area contributed by atoms with E-state index < -0.39 is 5.60 Å². The Balaban J connectivity index is 2.31. The highest BCUT2D eigenvalue weighted by Crippen LogP contribution is 2.15. The highest BCUT2D eigenvalue weighted by atomic mass is 16.3. The third-order valence-electron chi connectivity index (χ3n) is 3.58. The van der Waals surface area contributed by atoms with Gasteiger partial charge in [0.05, 0.1) is 12.0 Å². The van der Waals surface area contributed by atoms with Crippen LogP contribution in [-0.2, 0) is 11.2 Å². The summed E-state index contributed by atoms with van der Waals surface area (Å²) in [5.41, 5.74) is 1.67. The molecule has 1 amide bonds. The van der Waals surface area contributed by atoms with E-state index in [2.05, 4.69) is 10.1 Å².